The van der Waals surface area contributed by atoms with E-state index in [-0.39, 0.29) is 5.41 Å². The van der Waals surface area contributed by atoms with Crippen LogP contribution in [0.25, 0.3) is 0 Å². The van der Waals surface area contributed by atoms with Crippen LogP contribution in [0.5, 0.6) is 0 Å². The van der Waals surface area contributed by atoms with Crippen LogP contribution in [0, 0.1) is 70.5 Å². The first-order chi connectivity index (χ1) is 38.7. The Hall–Kier alpha value is -3.37. The van der Waals surface area contributed by atoms with Gasteiger partial charge in [-0.1, -0.05) is 127 Å². The predicted molar refractivity (Wildman–Crippen MR) is 327 cm³/mol. The highest BCUT2D eigenvalue weighted by molar-refractivity contribution is 5.42. The van der Waals surface area contributed by atoms with Crippen LogP contribution in [0.1, 0.15) is 226 Å². The van der Waals surface area contributed by atoms with E-state index in [1.807, 2.05) is 11.1 Å². The lowest BCUT2D eigenvalue weighted by Gasteiger charge is -2.56. The monoisotopic (exact) mass is 1070 g/mol. The molecule has 0 radical (unpaired) electrons. The van der Waals surface area contributed by atoms with Gasteiger partial charge in [0.25, 0.3) is 0 Å². The van der Waals surface area contributed by atoms with Gasteiger partial charge in [0.05, 0.1) is 12.2 Å². The molecule has 4 heteroatoms. The maximum absolute atomic E-state index is 15.3. The van der Waals surface area contributed by atoms with Crippen molar-refractivity contribution in [3.8, 4) is 0 Å². The van der Waals surface area contributed by atoms with Gasteiger partial charge in [-0.2, -0.15) is 0 Å². The maximum atomic E-state index is 15.3. The van der Waals surface area contributed by atoms with Gasteiger partial charge >= 0.3 is 0 Å². The number of halogens is 1. The topological polar surface area (TPSA) is 15.7 Å². The molecule has 1 heterocycles. The molecule has 0 spiro atoms. The van der Waals surface area contributed by atoms with Crippen molar-refractivity contribution in [2.75, 3.05) is 0 Å². The fourth-order valence-corrected chi connectivity index (χ4v) is 21.4. The first kappa shape index (κ1) is 54.9. The van der Waals surface area contributed by atoms with Gasteiger partial charge in [-0.15, -0.1) is 6.58 Å². The summed E-state index contributed by atoms with van der Waals surface area (Å²) in [6, 6.07) is 1.76. The molecule has 1 saturated heterocycles. The molecule has 0 amide bonds. The minimum absolute atomic E-state index is 0.252. The zero-order valence-corrected chi connectivity index (χ0v) is 49.7. The summed E-state index contributed by atoms with van der Waals surface area (Å²) in [4.78, 5) is 5.99. The van der Waals surface area contributed by atoms with Gasteiger partial charge in [-0.25, -0.2) is 4.39 Å². The van der Waals surface area contributed by atoms with Crippen LogP contribution in [-0.4, -0.2) is 46.3 Å². The Bertz CT molecular complexity index is 2530. The summed E-state index contributed by atoms with van der Waals surface area (Å²) in [7, 11) is 0. The van der Waals surface area contributed by atoms with Gasteiger partial charge in [-0.05, 0) is 259 Å². The standard InChI is InChI=1S/C75H105FN2O/c1-6-51-15-21-54(22-16-51)56-25-43-73-68(46-56)69-47-57(26-44-74(69)78(73)62-31-17-52(7-2)18-32-62)55-23-33-60(34-24-55)77(61-35-29-59(76)30-36-61)63-37-42-67-66-11-9-10-12-70(66)75(72(67)48-63,71-45-49(4)13-14-50(71)5)58-27-40-65(41-28-58)79-64-38-19-53(8-3)20-39-64/h6-8,17,19,33,35,43,45,47,50-51,54-56,58-59,62-66,68-71,74H,1-3,9-16,18,20-32,34,36-42,44,46,48H2,4-5H3. The van der Waals surface area contributed by atoms with Crippen LogP contribution in [0.4, 0.5) is 4.39 Å². The third-order valence-electron chi connectivity index (χ3n) is 25.3. The summed E-state index contributed by atoms with van der Waals surface area (Å²) in [5.41, 5.74) is 15.3. The quantitative estimate of drug-likeness (QED) is 0.171. The number of fused-ring (bicyclic) bond motifs is 5. The molecule has 3 saturated carbocycles. The lowest BCUT2D eigenvalue weighted by Crippen LogP contribution is -2.50. The summed E-state index contributed by atoms with van der Waals surface area (Å²) in [6.07, 6.45) is 65.9. The molecule has 14 atom stereocenters. The second-order valence-electron chi connectivity index (χ2n) is 29.1. The molecule has 79 heavy (non-hydrogen) atoms. The molecule has 13 aliphatic rings. The zero-order valence-electron chi connectivity index (χ0n) is 49.7. The molecular formula is C75H105FN2O. The van der Waals surface area contributed by atoms with Gasteiger partial charge in [0.1, 0.15) is 6.17 Å². The fraction of sp³-hybridized carbons (Fsp3) is 0.707. The second-order valence-corrected chi connectivity index (χ2v) is 29.1. The predicted octanol–water partition coefficient (Wildman–Crippen LogP) is 19.9. The van der Waals surface area contributed by atoms with E-state index in [0.29, 0.717) is 72.8 Å². The molecule has 0 N–H and O–H groups in total. The lowest BCUT2D eigenvalue weighted by atomic mass is 9.48. The average molecular weight is 1070 g/mol. The third-order valence-corrected chi connectivity index (χ3v) is 25.3. The van der Waals surface area contributed by atoms with Crippen molar-refractivity contribution in [2.24, 2.45) is 70.5 Å². The maximum Gasteiger partial charge on any atom is 0.104 e. The number of alkyl halides is 1. The largest absolute Gasteiger partial charge is 0.375 e. The van der Waals surface area contributed by atoms with Gasteiger partial charge in [0.15, 0.2) is 0 Å². The molecular weight excluding hydrogens is 964 g/mol. The van der Waals surface area contributed by atoms with Crippen molar-refractivity contribution in [2.45, 2.75) is 262 Å². The van der Waals surface area contributed by atoms with Crippen LogP contribution in [-0.2, 0) is 4.74 Å². The first-order valence-electron chi connectivity index (χ1n) is 34.0. The number of nitrogens with zero attached hydrogens (tertiary/aromatic N) is 2. The molecule has 3 nitrogen and oxygen atoms in total. The Morgan fingerprint density at radius 3 is 2.13 bits per heavy atom. The van der Waals surface area contributed by atoms with Crippen molar-refractivity contribution in [1.29, 1.82) is 0 Å². The van der Waals surface area contributed by atoms with Crippen molar-refractivity contribution in [3.63, 3.8) is 0 Å². The van der Waals surface area contributed by atoms with Crippen molar-refractivity contribution in [1.82, 2.24) is 9.80 Å². The van der Waals surface area contributed by atoms with Crippen LogP contribution >= 0.6 is 0 Å². The highest BCUT2D eigenvalue weighted by Gasteiger charge is 2.62. The summed E-state index contributed by atoms with van der Waals surface area (Å²) in [5, 5.41) is 0. The van der Waals surface area contributed by atoms with E-state index in [4.69, 9.17) is 4.74 Å². The number of allylic oxidation sites excluding steroid dienone is 15. The molecule has 0 aromatic rings. The Morgan fingerprint density at radius 1 is 0.646 bits per heavy atom. The molecule has 13 rings (SSSR count). The molecule has 14 unspecified atom stereocenters. The minimum atomic E-state index is -0.697. The van der Waals surface area contributed by atoms with E-state index in [0.717, 1.165) is 61.2 Å². The third kappa shape index (κ3) is 10.5. The smallest absolute Gasteiger partial charge is 0.104 e. The summed E-state index contributed by atoms with van der Waals surface area (Å²) in [6.45, 7) is 17.6. The SMILES string of the molecule is C=CC1=CCC(OC2CCC(C3(C4C=C(C)CCC4C)C4=C(CCC(N(C5=CCC(F)CC5)C5=CCC(C6=CC7C8CC(C9CCC(C=C)CC9)CC=C8N(C8CC=C(C=C)CC8)C7CC6)CC5)C4)C4CCCCC43)CC2)CC1. The van der Waals surface area contributed by atoms with Crippen LogP contribution in [0.3, 0.4) is 0 Å². The number of rotatable bonds is 13. The van der Waals surface area contributed by atoms with Crippen LogP contribution in [0.15, 0.2) is 131 Å². The van der Waals surface area contributed by atoms with E-state index in [1.165, 1.54) is 190 Å². The Balaban J connectivity index is 0.780. The van der Waals surface area contributed by atoms with Crippen molar-refractivity contribution < 1.29 is 9.13 Å². The fourth-order valence-electron chi connectivity index (χ4n) is 21.4. The number of hydrogen-bond acceptors (Lipinski definition) is 3. The number of hydrogen-bond donors (Lipinski definition) is 0. The van der Waals surface area contributed by atoms with E-state index in [9.17, 15) is 0 Å². The van der Waals surface area contributed by atoms with Crippen molar-refractivity contribution in [3.05, 3.63) is 131 Å². The van der Waals surface area contributed by atoms with Gasteiger partial charge < -0.3 is 14.5 Å². The van der Waals surface area contributed by atoms with Gasteiger partial charge in [0, 0.05) is 52.5 Å². The average Bonchev–Trinajstić information content (AvgIpc) is 2.58. The number of ether oxygens (including phenoxy) is 1. The molecule has 428 valence electrons. The highest BCUT2D eigenvalue weighted by Crippen LogP contribution is 2.70. The Morgan fingerprint density at radius 2 is 1.42 bits per heavy atom. The molecule has 0 bridgehead atoms. The zero-order chi connectivity index (χ0) is 53.8. The van der Waals surface area contributed by atoms with Crippen molar-refractivity contribution >= 4 is 0 Å². The summed E-state index contributed by atoms with van der Waals surface area (Å²) in [5.74, 6) is 8.10. The molecule has 1 aliphatic heterocycles. The molecule has 12 aliphatic carbocycles. The minimum Gasteiger partial charge on any atom is -0.375 e. The lowest BCUT2D eigenvalue weighted by molar-refractivity contribution is -0.0694. The van der Waals surface area contributed by atoms with Gasteiger partial charge in [0.2, 0.25) is 0 Å². The molecule has 4 fully saturated rings. The van der Waals surface area contributed by atoms with E-state index in [1.54, 1.807) is 22.5 Å². The Labute approximate surface area is 480 Å². The molecule has 0 aromatic heterocycles. The second kappa shape index (κ2) is 23.7. The van der Waals surface area contributed by atoms with Crippen LogP contribution in [0.2, 0.25) is 0 Å². The highest BCUT2D eigenvalue weighted by atomic mass is 19.1. The summed E-state index contributed by atoms with van der Waals surface area (Å²) >= 11 is 0. The summed E-state index contributed by atoms with van der Waals surface area (Å²) < 4.78 is 22.3. The van der Waals surface area contributed by atoms with E-state index >= 15 is 4.39 Å². The Kier molecular flexibility index (Phi) is 16.5. The van der Waals surface area contributed by atoms with E-state index in [2.05, 4.69) is 104 Å². The molecule has 0 aromatic carbocycles. The normalized spacial score (nSPS) is 42.5. The van der Waals surface area contributed by atoms with E-state index < -0.39 is 6.17 Å². The first-order valence-corrected chi connectivity index (χ1v) is 34.0. The number of likely N-dealkylation sites (tertiary alicyclic amines) is 1. The van der Waals surface area contributed by atoms with Gasteiger partial charge in [-0.3, -0.25) is 0 Å². The van der Waals surface area contributed by atoms with Crippen LogP contribution < -0.4 is 0 Å².